The molecule has 2 heterocycles. The average Bonchev–Trinajstić information content (AvgIpc) is 3.07. The second-order valence-corrected chi connectivity index (χ2v) is 5.92. The lowest BCUT2D eigenvalue weighted by molar-refractivity contribution is -0.142. The largest absolute Gasteiger partial charge is 0.480 e. The van der Waals surface area contributed by atoms with Crippen LogP contribution in [0, 0.1) is 0 Å². The first kappa shape index (κ1) is 17.8. The Balaban J connectivity index is 2.09. The van der Waals surface area contributed by atoms with Crippen LogP contribution in [0.4, 0.5) is 0 Å². The van der Waals surface area contributed by atoms with E-state index in [-0.39, 0.29) is 6.54 Å². The fourth-order valence-electron chi connectivity index (χ4n) is 1.99. The van der Waals surface area contributed by atoms with Crippen LogP contribution in [0.15, 0.2) is 39.7 Å². The van der Waals surface area contributed by atoms with E-state index in [0.29, 0.717) is 23.6 Å². The summed E-state index contributed by atoms with van der Waals surface area (Å²) in [5.74, 6) is -0.632. The minimum atomic E-state index is -1.11. The second-order valence-electron chi connectivity index (χ2n) is 4.93. The van der Waals surface area contributed by atoms with Gasteiger partial charge in [-0.25, -0.2) is 9.48 Å². The van der Waals surface area contributed by atoms with Crippen molar-refractivity contribution in [3.8, 4) is 11.5 Å². The molecule has 0 spiro atoms. The molecule has 0 saturated heterocycles. The van der Waals surface area contributed by atoms with Gasteiger partial charge < -0.3 is 14.8 Å². The first-order valence-corrected chi connectivity index (χ1v) is 8.54. The molecule has 0 saturated carbocycles. The van der Waals surface area contributed by atoms with Gasteiger partial charge in [-0.3, -0.25) is 9.59 Å². The van der Waals surface area contributed by atoms with Gasteiger partial charge in [-0.2, -0.15) is 16.9 Å². The molecule has 9 heteroatoms. The summed E-state index contributed by atoms with van der Waals surface area (Å²) in [4.78, 5) is 35.0. The fraction of sp³-hybridized carbons (Fsp3) is 0.333. The number of furan rings is 1. The maximum atomic E-state index is 12.0. The van der Waals surface area contributed by atoms with E-state index >= 15 is 0 Å². The number of aliphatic carboxylic acids is 1. The van der Waals surface area contributed by atoms with Crippen LogP contribution in [0.1, 0.15) is 6.42 Å². The van der Waals surface area contributed by atoms with Crippen LogP contribution in [-0.2, 0) is 16.1 Å². The van der Waals surface area contributed by atoms with Gasteiger partial charge in [-0.15, -0.1) is 0 Å². The first-order valence-electron chi connectivity index (χ1n) is 7.14. The maximum Gasteiger partial charge on any atom is 0.326 e. The number of hydrogen-bond donors (Lipinski definition) is 2. The van der Waals surface area contributed by atoms with Crippen molar-refractivity contribution in [3.05, 3.63) is 40.9 Å². The molecule has 2 aromatic rings. The van der Waals surface area contributed by atoms with Crippen LogP contribution in [-0.4, -0.2) is 44.8 Å². The van der Waals surface area contributed by atoms with E-state index in [4.69, 9.17) is 9.52 Å². The number of thioether (sulfide) groups is 1. The van der Waals surface area contributed by atoms with Gasteiger partial charge in [0.2, 0.25) is 5.91 Å². The zero-order valence-electron chi connectivity index (χ0n) is 13.0. The third-order valence-electron chi connectivity index (χ3n) is 3.18. The molecule has 0 fully saturated rings. The van der Waals surface area contributed by atoms with E-state index in [1.807, 2.05) is 6.26 Å². The number of carbonyl (C=O) groups excluding carboxylic acids is 1. The number of carboxylic acid groups (broad SMARTS) is 1. The Morgan fingerprint density at radius 1 is 1.42 bits per heavy atom. The summed E-state index contributed by atoms with van der Waals surface area (Å²) in [6, 6.07) is 5.14. The van der Waals surface area contributed by atoms with Crippen molar-refractivity contribution < 1.29 is 19.1 Å². The van der Waals surface area contributed by atoms with Gasteiger partial charge in [-0.1, -0.05) is 0 Å². The van der Waals surface area contributed by atoms with Crippen LogP contribution in [0.25, 0.3) is 11.5 Å². The lowest BCUT2D eigenvalue weighted by atomic mass is 10.2. The molecule has 2 aromatic heterocycles. The molecule has 0 bridgehead atoms. The standard InChI is InChI=1S/C15H17N3O5S/c1-24-8-6-11(15(21)22)16-13(19)9-18-14(20)5-4-10(17-18)12-3-2-7-23-12/h2-5,7,11H,6,8-9H2,1H3,(H,16,19)(H,21,22)/t11-/m0/s1. The average molecular weight is 351 g/mol. The molecular formula is C15H17N3O5S. The Hall–Kier alpha value is -2.55. The van der Waals surface area contributed by atoms with E-state index in [1.54, 1.807) is 12.1 Å². The minimum absolute atomic E-state index is 0.303. The number of hydrogen-bond acceptors (Lipinski definition) is 6. The number of aromatic nitrogens is 2. The highest BCUT2D eigenvalue weighted by Gasteiger charge is 2.20. The molecular weight excluding hydrogens is 334 g/mol. The van der Waals surface area contributed by atoms with Gasteiger partial charge in [0.15, 0.2) is 5.76 Å². The molecule has 0 radical (unpaired) electrons. The van der Waals surface area contributed by atoms with Crippen molar-refractivity contribution >= 4 is 23.6 Å². The number of carbonyl (C=O) groups is 2. The number of nitrogens with one attached hydrogen (secondary N) is 1. The van der Waals surface area contributed by atoms with Gasteiger partial charge in [0, 0.05) is 6.07 Å². The van der Waals surface area contributed by atoms with Crippen LogP contribution < -0.4 is 10.9 Å². The molecule has 128 valence electrons. The Kier molecular flexibility index (Phi) is 6.19. The lowest BCUT2D eigenvalue weighted by Gasteiger charge is -2.14. The lowest BCUT2D eigenvalue weighted by Crippen LogP contribution is -2.44. The quantitative estimate of drug-likeness (QED) is 0.724. The summed E-state index contributed by atoms with van der Waals surface area (Å²) in [5, 5.41) is 15.6. The highest BCUT2D eigenvalue weighted by Crippen LogP contribution is 2.14. The summed E-state index contributed by atoms with van der Waals surface area (Å²) in [7, 11) is 0. The number of carboxylic acids is 1. The smallest absolute Gasteiger partial charge is 0.326 e. The summed E-state index contributed by atoms with van der Waals surface area (Å²) in [6.45, 7) is -0.365. The van der Waals surface area contributed by atoms with Crippen molar-refractivity contribution in [3.63, 3.8) is 0 Å². The van der Waals surface area contributed by atoms with Gasteiger partial charge in [0.1, 0.15) is 18.3 Å². The predicted octanol–water partition coefficient (Wildman–Crippen LogP) is 0.826. The SMILES string of the molecule is CSCC[C@H](NC(=O)Cn1nc(-c2ccco2)ccc1=O)C(=O)O. The first-order chi connectivity index (χ1) is 11.5. The zero-order valence-corrected chi connectivity index (χ0v) is 13.8. The summed E-state index contributed by atoms with van der Waals surface area (Å²) in [5.41, 5.74) is -0.0546. The van der Waals surface area contributed by atoms with Gasteiger partial charge in [-0.05, 0) is 36.6 Å². The molecule has 8 nitrogen and oxygen atoms in total. The molecule has 2 rings (SSSR count). The second kappa shape index (κ2) is 8.34. The number of nitrogens with zero attached hydrogens (tertiary/aromatic N) is 2. The fourth-order valence-corrected chi connectivity index (χ4v) is 2.46. The Morgan fingerprint density at radius 2 is 2.21 bits per heavy atom. The minimum Gasteiger partial charge on any atom is -0.480 e. The molecule has 0 aliphatic carbocycles. The third kappa shape index (κ3) is 4.72. The predicted molar refractivity (Wildman–Crippen MR) is 88.8 cm³/mol. The summed E-state index contributed by atoms with van der Waals surface area (Å²) >= 11 is 1.49. The van der Waals surface area contributed by atoms with Crippen LogP contribution in [0.5, 0.6) is 0 Å². The number of amides is 1. The molecule has 0 aliphatic rings. The van der Waals surface area contributed by atoms with E-state index in [1.165, 1.54) is 30.2 Å². The van der Waals surface area contributed by atoms with Crippen molar-refractivity contribution in [1.82, 2.24) is 15.1 Å². The summed E-state index contributed by atoms with van der Waals surface area (Å²) < 4.78 is 6.17. The molecule has 1 atom stereocenters. The van der Waals surface area contributed by atoms with Crippen molar-refractivity contribution in [2.45, 2.75) is 19.0 Å². The summed E-state index contributed by atoms with van der Waals surface area (Å²) in [6.07, 6.45) is 3.63. The van der Waals surface area contributed by atoms with Gasteiger partial charge in [0.25, 0.3) is 5.56 Å². The van der Waals surface area contributed by atoms with Crippen LogP contribution in [0.3, 0.4) is 0 Å². The Labute approximate surface area is 141 Å². The monoisotopic (exact) mass is 351 g/mol. The van der Waals surface area contributed by atoms with Crippen LogP contribution in [0.2, 0.25) is 0 Å². The topological polar surface area (TPSA) is 114 Å². The van der Waals surface area contributed by atoms with E-state index in [2.05, 4.69) is 10.4 Å². The molecule has 2 N–H and O–H groups in total. The Bertz CT molecular complexity index is 757. The van der Waals surface area contributed by atoms with Gasteiger partial charge in [0.05, 0.1) is 6.26 Å². The zero-order chi connectivity index (χ0) is 17.5. The highest BCUT2D eigenvalue weighted by atomic mass is 32.2. The molecule has 0 aliphatic heterocycles. The number of rotatable bonds is 8. The highest BCUT2D eigenvalue weighted by molar-refractivity contribution is 7.98. The van der Waals surface area contributed by atoms with Crippen molar-refractivity contribution in [2.24, 2.45) is 0 Å². The molecule has 24 heavy (non-hydrogen) atoms. The van der Waals surface area contributed by atoms with E-state index in [9.17, 15) is 14.4 Å². The molecule has 1 amide bonds. The van der Waals surface area contributed by atoms with Crippen molar-refractivity contribution in [1.29, 1.82) is 0 Å². The van der Waals surface area contributed by atoms with E-state index < -0.39 is 23.5 Å². The van der Waals surface area contributed by atoms with Gasteiger partial charge >= 0.3 is 5.97 Å². The van der Waals surface area contributed by atoms with E-state index in [0.717, 1.165) is 4.68 Å². The normalized spacial score (nSPS) is 11.9. The van der Waals surface area contributed by atoms with Crippen molar-refractivity contribution in [2.75, 3.05) is 12.0 Å². The molecule has 0 unspecified atom stereocenters. The van der Waals surface area contributed by atoms with Crippen LogP contribution >= 0.6 is 11.8 Å². The third-order valence-corrected chi connectivity index (χ3v) is 3.82. The maximum absolute atomic E-state index is 12.0. The Morgan fingerprint density at radius 3 is 2.83 bits per heavy atom. The molecule has 0 aromatic carbocycles.